The zero-order chi connectivity index (χ0) is 20.4. The monoisotopic (exact) mass is 394 g/mol. The third-order valence-corrected chi connectivity index (χ3v) is 5.61. The number of carbonyl (C=O) groups is 1. The molecule has 1 aliphatic carbocycles. The molecular weight excluding hydrogens is 368 g/mol. The lowest BCUT2D eigenvalue weighted by Crippen LogP contribution is -2.45. The Morgan fingerprint density at radius 1 is 1.28 bits per heavy atom. The number of hydrogen-bond acceptors (Lipinski definition) is 5. The molecule has 2 atom stereocenters. The van der Waals surface area contributed by atoms with E-state index in [0.717, 1.165) is 42.3 Å². The van der Waals surface area contributed by atoms with Gasteiger partial charge < -0.3 is 19.7 Å². The number of nitrogens with one attached hydrogen (secondary N) is 1. The van der Waals surface area contributed by atoms with Crippen molar-refractivity contribution >= 4 is 16.9 Å². The predicted molar refractivity (Wildman–Crippen MR) is 110 cm³/mol. The van der Waals surface area contributed by atoms with Crippen molar-refractivity contribution in [2.24, 2.45) is 0 Å². The van der Waals surface area contributed by atoms with Crippen molar-refractivity contribution < 1.29 is 14.6 Å². The number of amides is 1. The van der Waals surface area contributed by atoms with Gasteiger partial charge in [0.05, 0.1) is 30.3 Å². The summed E-state index contributed by atoms with van der Waals surface area (Å²) in [6, 6.07) is 5.55. The first-order valence-corrected chi connectivity index (χ1v) is 9.99. The summed E-state index contributed by atoms with van der Waals surface area (Å²) in [7, 11) is 1.59. The molecule has 29 heavy (non-hydrogen) atoms. The van der Waals surface area contributed by atoms with Crippen LogP contribution in [-0.4, -0.2) is 44.8 Å². The number of hydrogen-bond donors (Lipinski definition) is 2. The Bertz CT molecular complexity index is 1030. The van der Waals surface area contributed by atoms with E-state index >= 15 is 0 Å². The Morgan fingerprint density at radius 3 is 2.86 bits per heavy atom. The average Bonchev–Trinajstić information content (AvgIpc) is 3.09. The second-order valence-corrected chi connectivity index (χ2v) is 7.63. The lowest BCUT2D eigenvalue weighted by Gasteiger charge is -2.28. The van der Waals surface area contributed by atoms with Crippen LogP contribution in [0, 0.1) is 6.92 Å². The first-order chi connectivity index (χ1) is 14.1. The summed E-state index contributed by atoms with van der Waals surface area (Å²) >= 11 is 0. The Hall–Kier alpha value is -2.93. The van der Waals surface area contributed by atoms with Crippen molar-refractivity contribution in [1.29, 1.82) is 0 Å². The molecule has 0 bridgehead atoms. The van der Waals surface area contributed by atoms with Crippen LogP contribution in [0.25, 0.3) is 11.0 Å². The minimum absolute atomic E-state index is 0.190. The van der Waals surface area contributed by atoms with E-state index < -0.39 is 6.10 Å². The lowest BCUT2D eigenvalue weighted by molar-refractivity contribution is 0.0718. The number of ether oxygens (including phenoxy) is 1. The van der Waals surface area contributed by atoms with Crippen molar-refractivity contribution in [2.45, 2.75) is 51.3 Å². The van der Waals surface area contributed by atoms with E-state index in [-0.39, 0.29) is 11.9 Å². The maximum atomic E-state index is 13.0. The molecule has 0 saturated heterocycles. The number of nitrogens with zero attached hydrogens (tertiary/aromatic N) is 3. The highest BCUT2D eigenvalue weighted by atomic mass is 16.5. The third-order valence-electron chi connectivity index (χ3n) is 5.61. The molecule has 3 aromatic heterocycles. The van der Waals surface area contributed by atoms with Gasteiger partial charge in [-0.25, -0.2) is 4.98 Å². The van der Waals surface area contributed by atoms with Crippen LogP contribution in [0.5, 0.6) is 5.88 Å². The quantitative estimate of drug-likeness (QED) is 0.695. The van der Waals surface area contributed by atoms with Gasteiger partial charge in [-0.2, -0.15) is 0 Å². The number of pyridine rings is 2. The van der Waals surface area contributed by atoms with Crippen molar-refractivity contribution in [3.8, 4) is 5.88 Å². The molecule has 0 spiro atoms. The van der Waals surface area contributed by atoms with Crippen LogP contribution < -0.4 is 10.1 Å². The SMILES string of the molecule is COc1cc(Cn2cc(C(=O)N[C@H]3CCCC[C@@H]3O)c3nccc(C)c32)ccn1. The summed E-state index contributed by atoms with van der Waals surface area (Å²) in [5.74, 6) is 0.364. The standard InChI is InChI=1S/C22H26N4O3/c1-14-7-9-24-20-16(22(28)25-17-5-3-4-6-18(17)27)13-26(21(14)20)12-15-8-10-23-19(11-15)29-2/h7-11,13,17-18,27H,3-6,12H2,1-2H3,(H,25,28)/t17-,18-/m0/s1. The van der Waals surface area contributed by atoms with E-state index in [1.54, 1.807) is 19.5 Å². The number of aliphatic hydroxyl groups is 1. The molecule has 0 unspecified atom stereocenters. The number of aliphatic hydroxyl groups excluding tert-OH is 1. The normalized spacial score (nSPS) is 19.3. The maximum Gasteiger partial charge on any atom is 0.255 e. The van der Waals surface area contributed by atoms with E-state index in [0.29, 0.717) is 23.5 Å². The Morgan fingerprint density at radius 2 is 2.07 bits per heavy atom. The van der Waals surface area contributed by atoms with Crippen LogP contribution in [0.3, 0.4) is 0 Å². The van der Waals surface area contributed by atoms with Gasteiger partial charge in [-0.3, -0.25) is 9.78 Å². The highest BCUT2D eigenvalue weighted by molar-refractivity contribution is 6.06. The second-order valence-electron chi connectivity index (χ2n) is 7.63. The number of aromatic nitrogens is 3. The topological polar surface area (TPSA) is 89.3 Å². The molecule has 4 rings (SSSR count). The zero-order valence-corrected chi connectivity index (χ0v) is 16.8. The van der Waals surface area contributed by atoms with Gasteiger partial charge in [-0.15, -0.1) is 0 Å². The summed E-state index contributed by atoms with van der Waals surface area (Å²) in [6.07, 6.45) is 8.35. The van der Waals surface area contributed by atoms with Crippen LogP contribution in [0.1, 0.15) is 47.2 Å². The molecule has 1 amide bonds. The molecule has 1 aliphatic rings. The van der Waals surface area contributed by atoms with Gasteiger partial charge in [0.15, 0.2) is 0 Å². The van der Waals surface area contributed by atoms with Crippen LogP contribution >= 0.6 is 0 Å². The average molecular weight is 394 g/mol. The first kappa shape index (κ1) is 19.4. The minimum atomic E-state index is -0.486. The van der Waals surface area contributed by atoms with Gasteiger partial charge >= 0.3 is 0 Å². The van der Waals surface area contributed by atoms with Crippen LogP contribution in [0.2, 0.25) is 0 Å². The van der Waals surface area contributed by atoms with Gasteiger partial charge in [0.2, 0.25) is 5.88 Å². The molecule has 7 heteroatoms. The van der Waals surface area contributed by atoms with Crippen molar-refractivity contribution in [3.05, 3.63) is 53.5 Å². The number of rotatable bonds is 5. The lowest BCUT2D eigenvalue weighted by atomic mass is 9.92. The number of methoxy groups -OCH3 is 1. The summed E-state index contributed by atoms with van der Waals surface area (Å²) < 4.78 is 7.26. The number of fused-ring (bicyclic) bond motifs is 1. The maximum absolute atomic E-state index is 13.0. The fourth-order valence-electron chi connectivity index (χ4n) is 4.07. The molecule has 152 valence electrons. The number of carbonyl (C=O) groups excluding carboxylic acids is 1. The largest absolute Gasteiger partial charge is 0.481 e. The highest BCUT2D eigenvalue weighted by Crippen LogP contribution is 2.25. The molecule has 0 aromatic carbocycles. The van der Waals surface area contributed by atoms with Crippen LogP contribution in [-0.2, 0) is 6.54 Å². The minimum Gasteiger partial charge on any atom is -0.481 e. The fourth-order valence-corrected chi connectivity index (χ4v) is 4.07. The molecule has 7 nitrogen and oxygen atoms in total. The molecule has 0 aliphatic heterocycles. The van der Waals surface area contributed by atoms with Gasteiger partial charge in [0.25, 0.3) is 5.91 Å². The van der Waals surface area contributed by atoms with E-state index in [4.69, 9.17) is 4.74 Å². The molecule has 3 aromatic rings. The number of aryl methyl sites for hydroxylation is 1. The van der Waals surface area contributed by atoms with Gasteiger partial charge in [0, 0.05) is 31.2 Å². The summed E-state index contributed by atoms with van der Waals surface area (Å²) in [6.45, 7) is 2.58. The van der Waals surface area contributed by atoms with Crippen molar-refractivity contribution in [1.82, 2.24) is 19.9 Å². The smallest absolute Gasteiger partial charge is 0.255 e. The van der Waals surface area contributed by atoms with E-state index in [1.165, 1.54) is 0 Å². The van der Waals surface area contributed by atoms with E-state index in [9.17, 15) is 9.90 Å². The van der Waals surface area contributed by atoms with E-state index in [2.05, 4.69) is 15.3 Å². The molecule has 3 heterocycles. The Labute approximate surface area is 169 Å². The first-order valence-electron chi connectivity index (χ1n) is 9.99. The highest BCUT2D eigenvalue weighted by Gasteiger charge is 2.26. The zero-order valence-electron chi connectivity index (χ0n) is 16.8. The summed E-state index contributed by atoms with van der Waals surface area (Å²) in [5.41, 5.74) is 4.20. The fraction of sp³-hybridized carbons (Fsp3) is 0.409. The predicted octanol–water partition coefficient (Wildman–Crippen LogP) is 2.83. The third kappa shape index (κ3) is 3.96. The molecule has 2 N–H and O–H groups in total. The Balaban J connectivity index is 1.68. The van der Waals surface area contributed by atoms with Gasteiger partial charge in [-0.1, -0.05) is 12.8 Å². The Kier molecular flexibility index (Phi) is 5.49. The molecule has 0 radical (unpaired) electrons. The summed E-state index contributed by atoms with van der Waals surface area (Å²) in [4.78, 5) is 21.7. The molecule has 1 saturated carbocycles. The van der Waals surface area contributed by atoms with Gasteiger partial charge in [0.1, 0.15) is 5.52 Å². The van der Waals surface area contributed by atoms with Crippen LogP contribution in [0.4, 0.5) is 0 Å². The van der Waals surface area contributed by atoms with Crippen molar-refractivity contribution in [3.63, 3.8) is 0 Å². The van der Waals surface area contributed by atoms with E-state index in [1.807, 2.05) is 35.9 Å². The van der Waals surface area contributed by atoms with Crippen molar-refractivity contribution in [2.75, 3.05) is 7.11 Å². The molecule has 1 fully saturated rings. The molecular formula is C22H26N4O3. The van der Waals surface area contributed by atoms with Gasteiger partial charge in [-0.05, 0) is 43.0 Å². The second kappa shape index (κ2) is 8.21. The van der Waals surface area contributed by atoms with Crippen LogP contribution in [0.15, 0.2) is 36.8 Å². The summed E-state index contributed by atoms with van der Waals surface area (Å²) in [5, 5.41) is 13.2.